The van der Waals surface area contributed by atoms with Gasteiger partial charge in [0.2, 0.25) is 5.91 Å². The molecular formula is C15H26N4O. The lowest BCUT2D eigenvalue weighted by Gasteiger charge is -2.19. The predicted octanol–water partition coefficient (Wildman–Crippen LogP) is 2.24. The van der Waals surface area contributed by atoms with Crippen LogP contribution < -0.4 is 16.0 Å². The van der Waals surface area contributed by atoms with Crippen molar-refractivity contribution in [3.8, 4) is 0 Å². The van der Waals surface area contributed by atoms with Gasteiger partial charge in [-0.15, -0.1) is 0 Å². The number of nitrogens with two attached hydrogens (primary N) is 1. The number of anilines is 2. The molecule has 0 aliphatic heterocycles. The van der Waals surface area contributed by atoms with Crippen LogP contribution in [0.3, 0.4) is 0 Å². The topological polar surface area (TPSA) is 71.2 Å². The third-order valence-electron chi connectivity index (χ3n) is 3.39. The molecule has 5 heteroatoms. The summed E-state index contributed by atoms with van der Waals surface area (Å²) in [7, 11) is 0. The molecule has 0 fully saturated rings. The molecule has 1 amide bonds. The molecule has 0 aliphatic rings. The van der Waals surface area contributed by atoms with Crippen LogP contribution in [0.5, 0.6) is 0 Å². The van der Waals surface area contributed by atoms with Gasteiger partial charge in [-0.05, 0) is 44.9 Å². The minimum atomic E-state index is 0.0164. The SMILES string of the molecule is CCN(CC)c1ccc(NC(=O)CCC(C)CN)cn1. The van der Waals surface area contributed by atoms with E-state index in [0.717, 1.165) is 31.0 Å². The van der Waals surface area contributed by atoms with Crippen molar-refractivity contribution < 1.29 is 4.79 Å². The molecule has 0 aromatic carbocycles. The molecule has 1 atom stereocenters. The predicted molar refractivity (Wildman–Crippen MR) is 83.9 cm³/mol. The van der Waals surface area contributed by atoms with Crippen molar-refractivity contribution in [1.29, 1.82) is 0 Å². The Morgan fingerprint density at radius 1 is 1.40 bits per heavy atom. The maximum Gasteiger partial charge on any atom is 0.224 e. The van der Waals surface area contributed by atoms with Gasteiger partial charge in [-0.25, -0.2) is 4.98 Å². The molecule has 1 aromatic heterocycles. The number of carbonyl (C=O) groups excluding carboxylic acids is 1. The van der Waals surface area contributed by atoms with Crippen molar-refractivity contribution >= 4 is 17.4 Å². The molecule has 1 aromatic rings. The smallest absolute Gasteiger partial charge is 0.224 e. The second kappa shape index (κ2) is 8.53. The van der Waals surface area contributed by atoms with E-state index in [-0.39, 0.29) is 5.91 Å². The number of rotatable bonds is 8. The Kier molecular flexibility index (Phi) is 7.01. The number of nitrogens with zero attached hydrogens (tertiary/aromatic N) is 2. The fourth-order valence-corrected chi connectivity index (χ4v) is 1.91. The maximum atomic E-state index is 11.8. The first kappa shape index (κ1) is 16.4. The fraction of sp³-hybridized carbons (Fsp3) is 0.600. The Balaban J connectivity index is 2.50. The van der Waals surface area contributed by atoms with E-state index in [1.807, 2.05) is 19.1 Å². The average Bonchev–Trinajstić information content (AvgIpc) is 2.47. The Labute approximate surface area is 121 Å². The van der Waals surface area contributed by atoms with Crippen molar-refractivity contribution in [2.75, 3.05) is 29.9 Å². The highest BCUT2D eigenvalue weighted by atomic mass is 16.1. The van der Waals surface area contributed by atoms with Crippen molar-refractivity contribution in [2.24, 2.45) is 11.7 Å². The average molecular weight is 278 g/mol. The molecule has 20 heavy (non-hydrogen) atoms. The summed E-state index contributed by atoms with van der Waals surface area (Å²) in [5.41, 5.74) is 6.28. The third-order valence-corrected chi connectivity index (χ3v) is 3.39. The molecule has 112 valence electrons. The summed E-state index contributed by atoms with van der Waals surface area (Å²) in [6.07, 6.45) is 3.02. The van der Waals surface area contributed by atoms with Crippen molar-refractivity contribution in [1.82, 2.24) is 4.98 Å². The van der Waals surface area contributed by atoms with Crippen LogP contribution in [0.2, 0.25) is 0 Å². The number of nitrogens with one attached hydrogen (secondary N) is 1. The van der Waals surface area contributed by atoms with Gasteiger partial charge in [0.05, 0.1) is 11.9 Å². The van der Waals surface area contributed by atoms with E-state index in [2.05, 4.69) is 29.0 Å². The Morgan fingerprint density at radius 2 is 2.10 bits per heavy atom. The molecule has 1 heterocycles. The van der Waals surface area contributed by atoms with Gasteiger partial charge in [0.1, 0.15) is 5.82 Å². The summed E-state index contributed by atoms with van der Waals surface area (Å²) < 4.78 is 0. The normalized spacial score (nSPS) is 12.0. The zero-order chi connectivity index (χ0) is 15.0. The lowest BCUT2D eigenvalue weighted by molar-refractivity contribution is -0.116. The highest BCUT2D eigenvalue weighted by Crippen LogP contribution is 2.14. The minimum absolute atomic E-state index is 0.0164. The van der Waals surface area contributed by atoms with Crippen molar-refractivity contribution in [3.05, 3.63) is 18.3 Å². The van der Waals surface area contributed by atoms with Crippen LogP contribution in [0.1, 0.15) is 33.6 Å². The number of hydrogen-bond donors (Lipinski definition) is 2. The van der Waals surface area contributed by atoms with Gasteiger partial charge in [0.25, 0.3) is 0 Å². The summed E-state index contributed by atoms with van der Waals surface area (Å²) in [6, 6.07) is 3.83. The van der Waals surface area contributed by atoms with E-state index in [0.29, 0.717) is 18.9 Å². The van der Waals surface area contributed by atoms with Crippen LogP contribution in [0.4, 0.5) is 11.5 Å². The van der Waals surface area contributed by atoms with E-state index in [4.69, 9.17) is 5.73 Å². The van der Waals surface area contributed by atoms with Gasteiger partial charge in [-0.1, -0.05) is 6.92 Å². The summed E-state index contributed by atoms with van der Waals surface area (Å²) in [4.78, 5) is 18.3. The van der Waals surface area contributed by atoms with Crippen LogP contribution in [0.25, 0.3) is 0 Å². The van der Waals surface area contributed by atoms with E-state index in [9.17, 15) is 4.79 Å². The second-order valence-electron chi connectivity index (χ2n) is 5.01. The zero-order valence-electron chi connectivity index (χ0n) is 12.7. The quantitative estimate of drug-likeness (QED) is 0.765. The van der Waals surface area contributed by atoms with E-state index in [1.165, 1.54) is 0 Å². The number of aromatic nitrogens is 1. The Hall–Kier alpha value is -1.62. The molecule has 0 saturated carbocycles. The molecule has 1 rings (SSSR count). The van der Waals surface area contributed by atoms with Gasteiger partial charge in [0, 0.05) is 19.5 Å². The number of pyridine rings is 1. The van der Waals surface area contributed by atoms with Crippen molar-refractivity contribution in [2.45, 2.75) is 33.6 Å². The standard InChI is InChI=1S/C15H26N4O/c1-4-19(5-2)14-8-7-13(11-17-14)18-15(20)9-6-12(3)10-16/h7-8,11-12H,4-6,9-10,16H2,1-3H3,(H,18,20). The van der Waals surface area contributed by atoms with Crippen LogP contribution in [0, 0.1) is 5.92 Å². The minimum Gasteiger partial charge on any atom is -0.357 e. The molecule has 0 spiro atoms. The summed E-state index contributed by atoms with van der Waals surface area (Å²) >= 11 is 0. The summed E-state index contributed by atoms with van der Waals surface area (Å²) in [6.45, 7) is 8.71. The fourth-order valence-electron chi connectivity index (χ4n) is 1.91. The summed E-state index contributed by atoms with van der Waals surface area (Å²) in [5.74, 6) is 1.33. The lowest BCUT2D eigenvalue weighted by atomic mass is 10.1. The van der Waals surface area contributed by atoms with Gasteiger partial charge >= 0.3 is 0 Å². The largest absolute Gasteiger partial charge is 0.357 e. The van der Waals surface area contributed by atoms with Crippen LogP contribution in [0.15, 0.2) is 18.3 Å². The monoisotopic (exact) mass is 278 g/mol. The van der Waals surface area contributed by atoms with Gasteiger partial charge < -0.3 is 16.0 Å². The maximum absolute atomic E-state index is 11.8. The van der Waals surface area contributed by atoms with E-state index < -0.39 is 0 Å². The molecule has 3 N–H and O–H groups in total. The van der Waals surface area contributed by atoms with Crippen LogP contribution >= 0.6 is 0 Å². The first-order chi connectivity index (χ1) is 9.60. The first-order valence-electron chi connectivity index (χ1n) is 7.31. The number of amides is 1. The van der Waals surface area contributed by atoms with E-state index >= 15 is 0 Å². The Bertz CT molecular complexity index is 401. The van der Waals surface area contributed by atoms with E-state index in [1.54, 1.807) is 6.20 Å². The first-order valence-corrected chi connectivity index (χ1v) is 7.31. The molecule has 0 bridgehead atoms. The molecule has 5 nitrogen and oxygen atoms in total. The molecule has 1 unspecified atom stereocenters. The lowest BCUT2D eigenvalue weighted by Crippen LogP contribution is -2.23. The zero-order valence-corrected chi connectivity index (χ0v) is 12.7. The van der Waals surface area contributed by atoms with Crippen molar-refractivity contribution in [3.63, 3.8) is 0 Å². The number of hydrogen-bond acceptors (Lipinski definition) is 4. The number of carbonyl (C=O) groups is 1. The molecule has 0 saturated heterocycles. The molecule has 0 aliphatic carbocycles. The van der Waals surface area contributed by atoms with Gasteiger partial charge in [-0.2, -0.15) is 0 Å². The second-order valence-corrected chi connectivity index (χ2v) is 5.01. The third kappa shape index (κ3) is 5.17. The van der Waals surface area contributed by atoms with Gasteiger partial charge in [-0.3, -0.25) is 4.79 Å². The highest BCUT2D eigenvalue weighted by molar-refractivity contribution is 5.90. The Morgan fingerprint density at radius 3 is 2.60 bits per heavy atom. The van der Waals surface area contributed by atoms with Gasteiger partial charge in [0.15, 0.2) is 0 Å². The van der Waals surface area contributed by atoms with Crippen LogP contribution in [-0.2, 0) is 4.79 Å². The summed E-state index contributed by atoms with van der Waals surface area (Å²) in [5, 5.41) is 2.86. The highest BCUT2D eigenvalue weighted by Gasteiger charge is 2.07. The molecule has 0 radical (unpaired) electrons. The molecular weight excluding hydrogens is 252 g/mol. The van der Waals surface area contributed by atoms with Crippen LogP contribution in [-0.4, -0.2) is 30.5 Å².